The molecule has 2 aromatic rings. The maximum absolute atomic E-state index is 12.4. The zero-order chi connectivity index (χ0) is 20.4. The molecule has 0 radical (unpaired) electrons. The van der Waals surface area contributed by atoms with E-state index >= 15 is 0 Å². The predicted molar refractivity (Wildman–Crippen MR) is 96.1 cm³/mol. The van der Waals surface area contributed by atoms with E-state index in [1.807, 2.05) is 0 Å². The summed E-state index contributed by atoms with van der Waals surface area (Å²) in [6.07, 6.45) is 0. The zero-order valence-electron chi connectivity index (χ0n) is 15.2. The van der Waals surface area contributed by atoms with Gasteiger partial charge in [-0.15, -0.1) is 0 Å². The van der Waals surface area contributed by atoms with Crippen molar-refractivity contribution in [1.29, 1.82) is 0 Å². The first-order chi connectivity index (χ1) is 12.5. The lowest BCUT2D eigenvalue weighted by Gasteiger charge is -2.16. The summed E-state index contributed by atoms with van der Waals surface area (Å²) < 4.78 is 35.3. The van der Waals surface area contributed by atoms with Crippen molar-refractivity contribution in [3.63, 3.8) is 0 Å². The third kappa shape index (κ3) is 4.44. The van der Waals surface area contributed by atoms with E-state index in [4.69, 9.17) is 9.15 Å². The second-order valence-corrected chi connectivity index (χ2v) is 8.02. The zero-order valence-corrected chi connectivity index (χ0v) is 16.0. The average Bonchev–Trinajstić information content (AvgIpc) is 3.08. The summed E-state index contributed by atoms with van der Waals surface area (Å²) >= 11 is 0. The fraction of sp³-hybridized carbons (Fsp3) is 0.312. The Balaban J connectivity index is 2.20. The van der Waals surface area contributed by atoms with E-state index < -0.39 is 20.9 Å². The highest BCUT2D eigenvalue weighted by atomic mass is 32.2. The molecule has 0 unspecified atom stereocenters. The molecule has 0 bridgehead atoms. The molecular formula is C16H19N3O7S. The average molecular weight is 397 g/mol. The summed E-state index contributed by atoms with van der Waals surface area (Å²) in [6, 6.07) is 6.50. The molecular weight excluding hydrogens is 378 g/mol. The molecule has 1 heterocycles. The molecule has 1 aromatic carbocycles. The molecule has 0 spiro atoms. The van der Waals surface area contributed by atoms with Crippen molar-refractivity contribution < 1.29 is 27.3 Å². The standard InChI is InChI=1S/C16H19N3O7S/c1-17(2)14-7-5-11(19(21)22)9-13(14)16(20)25-10-12-6-8-15(26-12)27(23,24)18(3)4/h5-9H,10H2,1-4H3. The molecule has 0 aliphatic rings. The number of furan rings is 1. The molecule has 0 saturated heterocycles. The summed E-state index contributed by atoms with van der Waals surface area (Å²) in [6.45, 7) is -0.322. The second kappa shape index (κ2) is 7.76. The first-order valence-electron chi connectivity index (χ1n) is 7.68. The van der Waals surface area contributed by atoms with Crippen LogP contribution in [0.1, 0.15) is 16.1 Å². The van der Waals surface area contributed by atoms with Crippen LogP contribution in [-0.4, -0.2) is 51.8 Å². The van der Waals surface area contributed by atoms with Gasteiger partial charge >= 0.3 is 5.97 Å². The maximum Gasteiger partial charge on any atom is 0.340 e. The van der Waals surface area contributed by atoms with Gasteiger partial charge in [0.1, 0.15) is 12.4 Å². The Morgan fingerprint density at radius 1 is 1.19 bits per heavy atom. The van der Waals surface area contributed by atoms with E-state index in [0.717, 1.165) is 10.4 Å². The van der Waals surface area contributed by atoms with Crippen LogP contribution in [0, 0.1) is 10.1 Å². The Morgan fingerprint density at radius 2 is 1.85 bits per heavy atom. The lowest BCUT2D eigenvalue weighted by atomic mass is 10.1. The van der Waals surface area contributed by atoms with Crippen LogP contribution >= 0.6 is 0 Å². The van der Waals surface area contributed by atoms with Crippen molar-refractivity contribution in [2.24, 2.45) is 0 Å². The van der Waals surface area contributed by atoms with Crippen LogP contribution in [0.4, 0.5) is 11.4 Å². The van der Waals surface area contributed by atoms with Gasteiger partial charge in [0.25, 0.3) is 15.7 Å². The highest BCUT2D eigenvalue weighted by Crippen LogP contribution is 2.25. The van der Waals surface area contributed by atoms with Crippen LogP contribution in [0.2, 0.25) is 0 Å². The summed E-state index contributed by atoms with van der Waals surface area (Å²) in [4.78, 5) is 24.4. The molecule has 0 N–H and O–H groups in total. The molecule has 2 rings (SSSR count). The Hall–Kier alpha value is -2.92. The number of hydrogen-bond donors (Lipinski definition) is 0. The normalized spacial score (nSPS) is 11.4. The van der Waals surface area contributed by atoms with Crippen LogP contribution < -0.4 is 4.90 Å². The van der Waals surface area contributed by atoms with E-state index in [-0.39, 0.29) is 28.7 Å². The second-order valence-electron chi connectivity index (χ2n) is 5.94. The summed E-state index contributed by atoms with van der Waals surface area (Å²) in [5.74, 6) is -0.670. The van der Waals surface area contributed by atoms with Crippen LogP contribution in [0.25, 0.3) is 0 Å². The van der Waals surface area contributed by atoms with Gasteiger partial charge in [0.05, 0.1) is 16.2 Å². The van der Waals surface area contributed by atoms with E-state index in [2.05, 4.69) is 0 Å². The third-order valence-electron chi connectivity index (χ3n) is 3.61. The number of nitro benzene ring substituents is 1. The SMILES string of the molecule is CN(C)c1ccc([N+](=O)[O-])cc1C(=O)OCc1ccc(S(=O)(=O)N(C)C)o1. The van der Waals surface area contributed by atoms with Crippen LogP contribution in [0.3, 0.4) is 0 Å². The minimum absolute atomic E-state index is 0.0156. The number of ether oxygens (including phenoxy) is 1. The van der Waals surface area contributed by atoms with E-state index in [9.17, 15) is 23.3 Å². The van der Waals surface area contributed by atoms with Crippen molar-refractivity contribution in [2.45, 2.75) is 11.7 Å². The van der Waals surface area contributed by atoms with Crippen LogP contribution in [0.5, 0.6) is 0 Å². The van der Waals surface area contributed by atoms with Gasteiger partial charge in [-0.1, -0.05) is 0 Å². The molecule has 0 aliphatic carbocycles. The fourth-order valence-electron chi connectivity index (χ4n) is 2.16. The molecule has 1 aromatic heterocycles. The van der Waals surface area contributed by atoms with Crippen molar-refractivity contribution >= 4 is 27.4 Å². The third-order valence-corrected chi connectivity index (χ3v) is 5.30. The van der Waals surface area contributed by atoms with Gasteiger partial charge in [-0.3, -0.25) is 10.1 Å². The molecule has 0 aliphatic heterocycles. The smallest absolute Gasteiger partial charge is 0.340 e. The molecule has 10 nitrogen and oxygen atoms in total. The molecule has 0 amide bonds. The lowest BCUT2D eigenvalue weighted by Crippen LogP contribution is -2.21. The van der Waals surface area contributed by atoms with Gasteiger partial charge in [0.15, 0.2) is 0 Å². The number of hydrogen-bond acceptors (Lipinski definition) is 8. The monoisotopic (exact) mass is 397 g/mol. The number of nitro groups is 1. The lowest BCUT2D eigenvalue weighted by molar-refractivity contribution is -0.384. The molecule has 11 heteroatoms. The van der Waals surface area contributed by atoms with Crippen LogP contribution in [-0.2, 0) is 21.4 Å². The largest absolute Gasteiger partial charge is 0.454 e. The van der Waals surface area contributed by atoms with Crippen molar-refractivity contribution in [3.8, 4) is 0 Å². The Kier molecular flexibility index (Phi) is 5.86. The number of esters is 1. The number of anilines is 1. The highest BCUT2D eigenvalue weighted by molar-refractivity contribution is 7.88. The highest BCUT2D eigenvalue weighted by Gasteiger charge is 2.23. The van der Waals surface area contributed by atoms with Crippen molar-refractivity contribution in [3.05, 3.63) is 51.8 Å². The van der Waals surface area contributed by atoms with Crippen LogP contribution in [0.15, 0.2) is 39.8 Å². The Bertz CT molecular complexity index is 964. The number of sulfonamides is 1. The number of rotatable bonds is 7. The number of carbonyl (C=O) groups is 1. The van der Waals surface area contributed by atoms with E-state index in [1.54, 1.807) is 19.0 Å². The van der Waals surface area contributed by atoms with E-state index in [0.29, 0.717) is 5.69 Å². The molecule has 0 fully saturated rings. The minimum atomic E-state index is -3.74. The number of benzene rings is 1. The Labute approximate surface area is 156 Å². The molecule has 27 heavy (non-hydrogen) atoms. The Morgan fingerprint density at radius 3 is 2.41 bits per heavy atom. The van der Waals surface area contributed by atoms with Gasteiger partial charge in [-0.05, 0) is 18.2 Å². The minimum Gasteiger partial charge on any atom is -0.454 e. The van der Waals surface area contributed by atoms with Crippen molar-refractivity contribution in [1.82, 2.24) is 4.31 Å². The van der Waals surface area contributed by atoms with Gasteiger partial charge in [-0.2, -0.15) is 0 Å². The number of carbonyl (C=O) groups excluding carboxylic acids is 1. The summed E-state index contributed by atoms with van der Waals surface area (Å²) in [5.41, 5.74) is 0.215. The van der Waals surface area contributed by atoms with Gasteiger partial charge < -0.3 is 14.1 Å². The summed E-state index contributed by atoms with van der Waals surface area (Å²) in [7, 11) is 2.36. The quantitative estimate of drug-likeness (QED) is 0.394. The molecule has 0 saturated carbocycles. The van der Waals surface area contributed by atoms with E-state index in [1.165, 1.54) is 38.4 Å². The summed E-state index contributed by atoms with van der Waals surface area (Å²) in [5, 5.41) is 10.7. The first kappa shape index (κ1) is 20.4. The predicted octanol–water partition coefficient (Wildman–Crippen LogP) is 1.86. The molecule has 0 atom stereocenters. The maximum atomic E-state index is 12.4. The topological polar surface area (TPSA) is 123 Å². The van der Waals surface area contributed by atoms with Gasteiger partial charge in [0.2, 0.25) is 5.09 Å². The van der Waals surface area contributed by atoms with Gasteiger partial charge in [-0.25, -0.2) is 17.5 Å². The van der Waals surface area contributed by atoms with Crippen molar-refractivity contribution in [2.75, 3.05) is 33.1 Å². The number of nitrogens with zero attached hydrogens (tertiary/aromatic N) is 3. The number of non-ortho nitro benzene ring substituents is 1. The fourth-order valence-corrected chi connectivity index (χ4v) is 2.97. The van der Waals surface area contributed by atoms with Gasteiger partial charge in [0, 0.05) is 40.3 Å². The molecule has 146 valence electrons. The first-order valence-corrected chi connectivity index (χ1v) is 9.12.